The Morgan fingerprint density at radius 2 is 1.94 bits per heavy atom. The average molecular weight is 349 g/mol. The van der Waals surface area contributed by atoms with Gasteiger partial charge in [0.1, 0.15) is 5.82 Å². The third-order valence-electron chi connectivity index (χ3n) is 2.43. The quantitative estimate of drug-likeness (QED) is 0.771. The lowest BCUT2D eigenvalue weighted by Crippen LogP contribution is -2.01. The minimum Gasteiger partial charge on any atom is -0.380 e. The van der Waals surface area contributed by atoms with Crippen LogP contribution in [0, 0.1) is 5.82 Å². The molecule has 2 rings (SSSR count). The van der Waals surface area contributed by atoms with E-state index in [1.807, 2.05) is 6.07 Å². The summed E-state index contributed by atoms with van der Waals surface area (Å²) in [5.41, 5.74) is 1.58. The van der Waals surface area contributed by atoms with Crippen LogP contribution in [0.25, 0.3) is 0 Å². The van der Waals surface area contributed by atoms with Crippen molar-refractivity contribution in [2.45, 2.75) is 6.54 Å². The number of nitrogens with one attached hydrogen (secondary N) is 1. The molecule has 0 radical (unpaired) electrons. The summed E-state index contributed by atoms with van der Waals surface area (Å²) in [7, 11) is 0. The maximum absolute atomic E-state index is 13.3. The zero-order valence-electron chi connectivity index (χ0n) is 9.18. The molecule has 0 bridgehead atoms. The van der Waals surface area contributed by atoms with Crippen molar-refractivity contribution in [3.05, 3.63) is 62.3 Å². The molecule has 0 saturated heterocycles. The standard InChI is InChI=1S/C13H9BrCl2FN/c14-13-8(2-1-3-11(13)17)7-18-12-5-4-9(15)6-10(12)16/h1-6,18H,7H2. The van der Waals surface area contributed by atoms with Gasteiger partial charge in [0.15, 0.2) is 0 Å². The van der Waals surface area contributed by atoms with Crippen molar-refractivity contribution >= 4 is 44.8 Å². The van der Waals surface area contributed by atoms with Crippen LogP contribution >= 0.6 is 39.1 Å². The Bertz CT molecular complexity index is 575. The Labute approximate surface area is 123 Å². The Balaban J connectivity index is 2.14. The largest absolute Gasteiger partial charge is 0.380 e. The first-order chi connectivity index (χ1) is 8.58. The minimum absolute atomic E-state index is 0.281. The summed E-state index contributed by atoms with van der Waals surface area (Å²) in [5.74, 6) is -0.281. The van der Waals surface area contributed by atoms with Gasteiger partial charge in [-0.15, -0.1) is 0 Å². The number of halogens is 4. The van der Waals surface area contributed by atoms with Gasteiger partial charge in [-0.25, -0.2) is 4.39 Å². The first kappa shape index (κ1) is 13.7. The monoisotopic (exact) mass is 347 g/mol. The van der Waals surface area contributed by atoms with Crippen molar-refractivity contribution in [2.24, 2.45) is 0 Å². The van der Waals surface area contributed by atoms with Gasteiger partial charge in [0.05, 0.1) is 15.2 Å². The van der Waals surface area contributed by atoms with Crippen LogP contribution in [0.3, 0.4) is 0 Å². The number of hydrogen-bond acceptors (Lipinski definition) is 1. The van der Waals surface area contributed by atoms with Crippen molar-refractivity contribution in [3.63, 3.8) is 0 Å². The zero-order chi connectivity index (χ0) is 13.1. The van der Waals surface area contributed by atoms with E-state index in [-0.39, 0.29) is 5.82 Å². The smallest absolute Gasteiger partial charge is 0.137 e. The van der Waals surface area contributed by atoms with E-state index in [1.165, 1.54) is 6.07 Å². The lowest BCUT2D eigenvalue weighted by molar-refractivity contribution is 0.618. The molecule has 2 aromatic rings. The van der Waals surface area contributed by atoms with Gasteiger partial charge >= 0.3 is 0 Å². The summed E-state index contributed by atoms with van der Waals surface area (Å²) in [4.78, 5) is 0. The highest BCUT2D eigenvalue weighted by Gasteiger charge is 2.06. The highest BCUT2D eigenvalue weighted by molar-refractivity contribution is 9.10. The lowest BCUT2D eigenvalue weighted by Gasteiger charge is -2.10. The molecule has 0 saturated carbocycles. The molecule has 0 fully saturated rings. The highest BCUT2D eigenvalue weighted by Crippen LogP contribution is 2.27. The summed E-state index contributed by atoms with van der Waals surface area (Å²) in [6, 6.07) is 10.1. The topological polar surface area (TPSA) is 12.0 Å². The van der Waals surface area contributed by atoms with Gasteiger partial charge in [-0.2, -0.15) is 0 Å². The van der Waals surface area contributed by atoms with E-state index in [9.17, 15) is 4.39 Å². The second kappa shape index (κ2) is 5.91. The fourth-order valence-electron chi connectivity index (χ4n) is 1.51. The summed E-state index contributed by atoms with van der Waals surface area (Å²) in [6.07, 6.45) is 0. The zero-order valence-corrected chi connectivity index (χ0v) is 12.3. The summed E-state index contributed by atoms with van der Waals surface area (Å²) in [6.45, 7) is 0.472. The minimum atomic E-state index is -0.281. The van der Waals surface area contributed by atoms with Gasteiger partial charge in [0, 0.05) is 11.6 Å². The van der Waals surface area contributed by atoms with E-state index in [0.29, 0.717) is 21.1 Å². The Morgan fingerprint density at radius 1 is 1.17 bits per heavy atom. The molecule has 5 heteroatoms. The molecule has 0 unspecified atom stereocenters. The molecule has 0 heterocycles. The molecule has 1 N–H and O–H groups in total. The first-order valence-electron chi connectivity index (χ1n) is 5.20. The third-order valence-corrected chi connectivity index (χ3v) is 3.87. The van der Waals surface area contributed by atoms with Gasteiger partial charge in [-0.3, -0.25) is 0 Å². The average Bonchev–Trinajstić information content (AvgIpc) is 2.33. The van der Waals surface area contributed by atoms with E-state index < -0.39 is 0 Å². The van der Waals surface area contributed by atoms with Crippen LogP contribution in [0.5, 0.6) is 0 Å². The van der Waals surface area contributed by atoms with Crippen LogP contribution in [0.4, 0.5) is 10.1 Å². The van der Waals surface area contributed by atoms with Crippen molar-refractivity contribution in [1.29, 1.82) is 0 Å². The fourth-order valence-corrected chi connectivity index (χ4v) is 2.39. The lowest BCUT2D eigenvalue weighted by atomic mass is 10.2. The van der Waals surface area contributed by atoms with E-state index in [0.717, 1.165) is 11.3 Å². The van der Waals surface area contributed by atoms with Gasteiger partial charge < -0.3 is 5.32 Å². The number of benzene rings is 2. The molecule has 0 spiro atoms. The normalized spacial score (nSPS) is 10.4. The molecular formula is C13H9BrCl2FN. The molecule has 0 aliphatic carbocycles. The number of anilines is 1. The van der Waals surface area contributed by atoms with Crippen molar-refractivity contribution < 1.29 is 4.39 Å². The Morgan fingerprint density at radius 3 is 2.67 bits per heavy atom. The fraction of sp³-hybridized carbons (Fsp3) is 0.0769. The SMILES string of the molecule is Fc1cccc(CNc2ccc(Cl)cc2Cl)c1Br. The molecule has 0 aliphatic heterocycles. The molecular weight excluding hydrogens is 340 g/mol. The van der Waals surface area contributed by atoms with Crippen molar-refractivity contribution in [1.82, 2.24) is 0 Å². The summed E-state index contributed by atoms with van der Waals surface area (Å²) < 4.78 is 13.8. The van der Waals surface area contributed by atoms with Crippen molar-refractivity contribution in [2.75, 3.05) is 5.32 Å². The predicted molar refractivity (Wildman–Crippen MR) is 77.9 cm³/mol. The maximum atomic E-state index is 13.3. The second-order valence-electron chi connectivity index (χ2n) is 3.69. The van der Waals surface area contributed by atoms with Crippen molar-refractivity contribution in [3.8, 4) is 0 Å². The van der Waals surface area contributed by atoms with Gasteiger partial charge in [-0.1, -0.05) is 35.3 Å². The van der Waals surface area contributed by atoms with Crippen LogP contribution < -0.4 is 5.32 Å². The van der Waals surface area contributed by atoms with Crippen LogP contribution in [0.1, 0.15) is 5.56 Å². The van der Waals surface area contributed by atoms with E-state index in [2.05, 4.69) is 21.2 Å². The highest BCUT2D eigenvalue weighted by atomic mass is 79.9. The molecule has 18 heavy (non-hydrogen) atoms. The molecule has 0 aliphatic rings. The van der Waals surface area contributed by atoms with Crippen LogP contribution in [-0.4, -0.2) is 0 Å². The summed E-state index contributed by atoms with van der Waals surface area (Å²) in [5, 5.41) is 4.26. The molecule has 0 aromatic heterocycles. The molecule has 0 atom stereocenters. The van der Waals surface area contributed by atoms with E-state index in [4.69, 9.17) is 23.2 Å². The molecule has 1 nitrogen and oxygen atoms in total. The van der Waals surface area contributed by atoms with Crippen LogP contribution in [-0.2, 0) is 6.54 Å². The Hall–Kier alpha value is -0.770. The molecule has 94 valence electrons. The maximum Gasteiger partial charge on any atom is 0.137 e. The van der Waals surface area contributed by atoms with Crippen LogP contribution in [0.15, 0.2) is 40.9 Å². The molecule has 2 aromatic carbocycles. The third kappa shape index (κ3) is 3.16. The molecule has 0 amide bonds. The van der Waals surface area contributed by atoms with E-state index in [1.54, 1.807) is 24.3 Å². The number of hydrogen-bond donors (Lipinski definition) is 1. The number of rotatable bonds is 3. The van der Waals surface area contributed by atoms with Gasteiger partial charge in [-0.05, 0) is 45.8 Å². The second-order valence-corrected chi connectivity index (χ2v) is 5.33. The Kier molecular flexibility index (Phi) is 4.49. The first-order valence-corrected chi connectivity index (χ1v) is 6.74. The van der Waals surface area contributed by atoms with Gasteiger partial charge in [0.2, 0.25) is 0 Å². The summed E-state index contributed by atoms with van der Waals surface area (Å²) >= 11 is 15.1. The van der Waals surface area contributed by atoms with Crippen LogP contribution in [0.2, 0.25) is 10.0 Å². The van der Waals surface area contributed by atoms with E-state index >= 15 is 0 Å². The predicted octanol–water partition coefficient (Wildman–Crippen LogP) is 5.51. The van der Waals surface area contributed by atoms with Gasteiger partial charge in [0.25, 0.3) is 0 Å².